The van der Waals surface area contributed by atoms with Gasteiger partial charge in [0.15, 0.2) is 0 Å². The van der Waals surface area contributed by atoms with Gasteiger partial charge >= 0.3 is 0 Å². The molecule has 7 heteroatoms. The average molecular weight is 328 g/mol. The lowest BCUT2D eigenvalue weighted by Crippen LogP contribution is -2.60. The summed E-state index contributed by atoms with van der Waals surface area (Å²) in [5, 5.41) is 38.5. The highest BCUT2D eigenvalue weighted by Gasteiger charge is 2.44. The molecular weight excluding hydrogens is 304 g/mol. The predicted octanol–water partition coefficient (Wildman–Crippen LogP) is 0.0442. The second-order valence-electron chi connectivity index (χ2n) is 5.49. The summed E-state index contributed by atoms with van der Waals surface area (Å²) in [6, 6.07) is 6.77. The van der Waals surface area contributed by atoms with Crippen LogP contribution in [0, 0.1) is 0 Å². The molecule has 0 spiro atoms. The van der Waals surface area contributed by atoms with Crippen LogP contribution in [-0.4, -0.2) is 64.3 Å². The highest BCUT2D eigenvalue weighted by Crippen LogP contribution is 2.25. The first kappa shape index (κ1) is 18.0. The molecule has 0 amide bonds. The van der Waals surface area contributed by atoms with E-state index in [1.54, 1.807) is 24.3 Å². The SMILES string of the molecule is CCCCOc1ccc(O[C@@H]2O[C@H](CO)[C@@H](O)[C@H](O)[C@H]2O)cc1. The quantitative estimate of drug-likeness (QED) is 0.524. The fourth-order valence-electron chi connectivity index (χ4n) is 2.25. The van der Waals surface area contributed by atoms with Gasteiger partial charge in [-0.1, -0.05) is 13.3 Å². The smallest absolute Gasteiger partial charge is 0.229 e. The molecule has 1 aliphatic heterocycles. The molecule has 0 bridgehead atoms. The first-order chi connectivity index (χ1) is 11.1. The minimum Gasteiger partial charge on any atom is -0.494 e. The van der Waals surface area contributed by atoms with Gasteiger partial charge in [-0.2, -0.15) is 0 Å². The molecule has 0 aliphatic carbocycles. The zero-order valence-corrected chi connectivity index (χ0v) is 13.0. The molecule has 1 aliphatic rings. The van der Waals surface area contributed by atoms with E-state index < -0.39 is 37.3 Å². The number of unbranched alkanes of at least 4 members (excludes halogenated alkanes) is 1. The fourth-order valence-corrected chi connectivity index (χ4v) is 2.25. The Morgan fingerprint density at radius 2 is 1.65 bits per heavy atom. The lowest BCUT2D eigenvalue weighted by Gasteiger charge is -2.39. The van der Waals surface area contributed by atoms with E-state index in [4.69, 9.17) is 19.3 Å². The molecular formula is C16H24O7. The lowest BCUT2D eigenvalue weighted by molar-refractivity contribution is -0.277. The summed E-state index contributed by atoms with van der Waals surface area (Å²) in [4.78, 5) is 0. The average Bonchev–Trinajstić information content (AvgIpc) is 2.57. The number of hydrogen-bond acceptors (Lipinski definition) is 7. The van der Waals surface area contributed by atoms with Crippen molar-refractivity contribution in [2.45, 2.75) is 50.5 Å². The van der Waals surface area contributed by atoms with Crippen LogP contribution in [0.1, 0.15) is 19.8 Å². The van der Waals surface area contributed by atoms with Gasteiger partial charge in [-0.25, -0.2) is 0 Å². The van der Waals surface area contributed by atoms with Crippen LogP contribution < -0.4 is 9.47 Å². The van der Waals surface area contributed by atoms with E-state index in [1.165, 1.54) is 0 Å². The van der Waals surface area contributed by atoms with Gasteiger partial charge in [0.25, 0.3) is 0 Å². The molecule has 0 aromatic heterocycles. The Morgan fingerprint density at radius 3 is 2.26 bits per heavy atom. The molecule has 1 saturated heterocycles. The third kappa shape index (κ3) is 4.55. The number of ether oxygens (including phenoxy) is 3. The molecule has 0 saturated carbocycles. The van der Waals surface area contributed by atoms with Crippen LogP contribution in [0.3, 0.4) is 0 Å². The largest absolute Gasteiger partial charge is 0.494 e. The van der Waals surface area contributed by atoms with Crippen LogP contribution >= 0.6 is 0 Å². The van der Waals surface area contributed by atoms with Gasteiger partial charge in [-0.3, -0.25) is 0 Å². The summed E-state index contributed by atoms with van der Waals surface area (Å²) in [6.45, 7) is 2.24. The first-order valence-electron chi connectivity index (χ1n) is 7.76. The van der Waals surface area contributed by atoms with Gasteiger partial charge in [0.1, 0.15) is 35.9 Å². The van der Waals surface area contributed by atoms with Crippen molar-refractivity contribution < 1.29 is 34.6 Å². The van der Waals surface area contributed by atoms with Crippen molar-refractivity contribution in [1.29, 1.82) is 0 Å². The fraction of sp³-hybridized carbons (Fsp3) is 0.625. The predicted molar refractivity (Wildman–Crippen MR) is 81.2 cm³/mol. The normalized spacial score (nSPS) is 30.9. The molecule has 0 radical (unpaired) electrons. The van der Waals surface area contributed by atoms with Crippen molar-refractivity contribution in [2.75, 3.05) is 13.2 Å². The summed E-state index contributed by atoms with van der Waals surface area (Å²) in [6.07, 6.45) is -4.42. The molecule has 7 nitrogen and oxygen atoms in total. The first-order valence-corrected chi connectivity index (χ1v) is 7.76. The number of rotatable bonds is 7. The summed E-state index contributed by atoms with van der Waals surface area (Å²) in [5.41, 5.74) is 0. The number of benzene rings is 1. The van der Waals surface area contributed by atoms with Crippen LogP contribution in [0.5, 0.6) is 11.5 Å². The molecule has 4 N–H and O–H groups in total. The Balaban J connectivity index is 1.95. The molecule has 1 aromatic carbocycles. The van der Waals surface area contributed by atoms with E-state index in [2.05, 4.69) is 6.92 Å². The van der Waals surface area contributed by atoms with E-state index in [0.717, 1.165) is 12.8 Å². The minimum atomic E-state index is -1.46. The van der Waals surface area contributed by atoms with E-state index in [-0.39, 0.29) is 0 Å². The minimum absolute atomic E-state index is 0.414. The number of hydrogen-bond donors (Lipinski definition) is 4. The Labute approximate surface area is 135 Å². The van der Waals surface area contributed by atoms with Crippen molar-refractivity contribution >= 4 is 0 Å². The van der Waals surface area contributed by atoms with Crippen molar-refractivity contribution in [2.24, 2.45) is 0 Å². The highest BCUT2D eigenvalue weighted by atomic mass is 16.7. The van der Waals surface area contributed by atoms with Crippen molar-refractivity contribution in [1.82, 2.24) is 0 Å². The van der Waals surface area contributed by atoms with Gasteiger partial charge < -0.3 is 34.6 Å². The molecule has 23 heavy (non-hydrogen) atoms. The van der Waals surface area contributed by atoms with E-state index >= 15 is 0 Å². The topological polar surface area (TPSA) is 109 Å². The third-order valence-corrected chi connectivity index (χ3v) is 3.69. The molecule has 1 aromatic rings. The molecule has 2 rings (SSSR count). The molecule has 1 fully saturated rings. The molecule has 130 valence electrons. The summed E-state index contributed by atoms with van der Waals surface area (Å²) in [5.74, 6) is 1.12. The summed E-state index contributed by atoms with van der Waals surface area (Å²) < 4.78 is 16.3. The monoisotopic (exact) mass is 328 g/mol. The van der Waals surface area contributed by atoms with Gasteiger partial charge in [0.05, 0.1) is 13.2 Å². The summed E-state index contributed by atoms with van der Waals surface area (Å²) in [7, 11) is 0. The molecule has 1 heterocycles. The van der Waals surface area contributed by atoms with Crippen LogP contribution in [0.2, 0.25) is 0 Å². The van der Waals surface area contributed by atoms with Crippen molar-refractivity contribution in [3.05, 3.63) is 24.3 Å². The number of aliphatic hydroxyl groups excluding tert-OH is 4. The van der Waals surface area contributed by atoms with E-state index in [9.17, 15) is 15.3 Å². The Hall–Kier alpha value is -1.38. The maximum atomic E-state index is 9.91. The third-order valence-electron chi connectivity index (χ3n) is 3.69. The van der Waals surface area contributed by atoms with Gasteiger partial charge in [0, 0.05) is 0 Å². The van der Waals surface area contributed by atoms with E-state index in [1.807, 2.05) is 0 Å². The van der Waals surface area contributed by atoms with Gasteiger partial charge in [0.2, 0.25) is 6.29 Å². The highest BCUT2D eigenvalue weighted by molar-refractivity contribution is 5.31. The maximum Gasteiger partial charge on any atom is 0.229 e. The van der Waals surface area contributed by atoms with Crippen LogP contribution in [-0.2, 0) is 4.74 Å². The van der Waals surface area contributed by atoms with Gasteiger partial charge in [-0.15, -0.1) is 0 Å². The van der Waals surface area contributed by atoms with Crippen LogP contribution in [0.25, 0.3) is 0 Å². The second-order valence-corrected chi connectivity index (χ2v) is 5.49. The maximum absolute atomic E-state index is 9.91. The zero-order valence-electron chi connectivity index (χ0n) is 13.0. The van der Waals surface area contributed by atoms with Crippen molar-refractivity contribution in [3.63, 3.8) is 0 Å². The van der Waals surface area contributed by atoms with Crippen molar-refractivity contribution in [3.8, 4) is 11.5 Å². The Bertz CT molecular complexity index is 462. The lowest BCUT2D eigenvalue weighted by atomic mass is 9.99. The second kappa shape index (κ2) is 8.47. The van der Waals surface area contributed by atoms with Crippen LogP contribution in [0.15, 0.2) is 24.3 Å². The van der Waals surface area contributed by atoms with Gasteiger partial charge in [-0.05, 0) is 30.7 Å². The summed E-state index contributed by atoms with van der Waals surface area (Å²) >= 11 is 0. The van der Waals surface area contributed by atoms with E-state index in [0.29, 0.717) is 18.1 Å². The number of aliphatic hydroxyl groups is 4. The zero-order chi connectivity index (χ0) is 16.8. The Morgan fingerprint density at radius 1 is 1.00 bits per heavy atom. The van der Waals surface area contributed by atoms with Crippen LogP contribution in [0.4, 0.5) is 0 Å². The Kier molecular flexibility index (Phi) is 6.61. The standard InChI is InChI=1S/C16H24O7/c1-2-3-8-21-10-4-6-11(7-5-10)22-16-15(20)14(19)13(18)12(9-17)23-16/h4-7,12-20H,2-3,8-9H2,1H3/t12-,13-,14+,15-,16-/m1/s1. The molecule has 0 unspecified atom stereocenters. The molecule has 5 atom stereocenters.